The average Bonchev–Trinajstić information content (AvgIpc) is 1.69. The average molecular weight is 1430 g/mol. The molecular formula is C77H98ClN9O15. The number of rotatable bonds is 26. The highest BCUT2D eigenvalue weighted by molar-refractivity contribution is 6.16. The number of nitrogens with one attached hydrogen (secondary N) is 2. The molecule has 0 saturated heterocycles. The number of nitro groups is 1. The lowest BCUT2D eigenvalue weighted by atomic mass is 10.0. The molecule has 0 unspecified atom stereocenters. The number of hydrogen-bond donors (Lipinski definition) is 3. The first-order valence-electron chi connectivity index (χ1n) is 33.9. The Kier molecular flexibility index (Phi) is 30.8. The van der Waals surface area contributed by atoms with E-state index in [0.717, 1.165) is 67.0 Å². The molecule has 9 rings (SSSR count). The molecule has 0 bridgehead atoms. The maximum atomic E-state index is 13.8. The fourth-order valence-electron chi connectivity index (χ4n) is 10.4. The minimum atomic E-state index is -0.883. The topological polar surface area (TPSA) is 287 Å². The van der Waals surface area contributed by atoms with E-state index in [0.29, 0.717) is 69.1 Å². The van der Waals surface area contributed by atoms with Crippen LogP contribution in [0, 0.1) is 47.6 Å². The number of halogens is 1. The van der Waals surface area contributed by atoms with Gasteiger partial charge in [-0.1, -0.05) is 91.8 Å². The zero-order valence-corrected chi connectivity index (χ0v) is 61.8. The van der Waals surface area contributed by atoms with Crippen LogP contribution in [0.25, 0.3) is 21.9 Å². The summed E-state index contributed by atoms with van der Waals surface area (Å²) >= 11 is 5.54. The Bertz CT molecular complexity index is 4070. The molecule has 25 heteroatoms. The summed E-state index contributed by atoms with van der Waals surface area (Å²) < 4.78 is 41.0. The van der Waals surface area contributed by atoms with Crippen molar-refractivity contribution < 1.29 is 66.5 Å². The smallest absolute Gasteiger partial charge is 0.508 e. The molecule has 4 heterocycles. The number of carbonyl (C=O) groups excluding carboxylic acids is 5. The van der Waals surface area contributed by atoms with Gasteiger partial charge in [-0.05, 0) is 165 Å². The van der Waals surface area contributed by atoms with Crippen LogP contribution in [0.3, 0.4) is 0 Å². The van der Waals surface area contributed by atoms with Crippen molar-refractivity contribution in [2.75, 3.05) is 26.2 Å². The molecule has 9 aromatic rings. The number of nitro benzene ring substituents is 1. The normalized spacial score (nSPS) is 11.7. The second kappa shape index (κ2) is 39.0. The van der Waals surface area contributed by atoms with Crippen molar-refractivity contribution in [1.29, 1.82) is 0 Å². The van der Waals surface area contributed by atoms with Gasteiger partial charge in [0.15, 0.2) is 0 Å². The molecule has 4 aromatic heterocycles. The Morgan fingerprint density at radius 1 is 0.569 bits per heavy atom. The number of phenols is 1. The van der Waals surface area contributed by atoms with E-state index in [1.165, 1.54) is 24.3 Å². The highest BCUT2D eigenvalue weighted by Gasteiger charge is 2.31. The van der Waals surface area contributed by atoms with Crippen LogP contribution in [0.4, 0.5) is 20.1 Å². The van der Waals surface area contributed by atoms with E-state index in [1.54, 1.807) is 69.7 Å². The number of furan rings is 2. The second-order valence-corrected chi connectivity index (χ2v) is 27.7. The molecule has 5 aromatic carbocycles. The molecular weight excluding hydrogens is 1330 g/mol. The number of phenolic OH excluding ortho intramolecular Hbond substituents is 1. The minimum Gasteiger partial charge on any atom is -0.508 e. The Morgan fingerprint density at radius 2 is 0.990 bits per heavy atom. The van der Waals surface area contributed by atoms with Gasteiger partial charge in [0.05, 0.1) is 29.0 Å². The van der Waals surface area contributed by atoms with E-state index in [-0.39, 0.29) is 54.1 Å². The lowest BCUT2D eigenvalue weighted by Gasteiger charge is -2.31. The van der Waals surface area contributed by atoms with Gasteiger partial charge in [0.2, 0.25) is 11.8 Å². The fraction of sp³-hybridized carbons (Fsp3) is 0.416. The number of ether oxygens (including phenoxy) is 5. The number of non-ortho nitro benzene ring substituents is 1. The van der Waals surface area contributed by atoms with Crippen LogP contribution in [-0.2, 0) is 76.4 Å². The third-order valence-electron chi connectivity index (χ3n) is 15.1. The van der Waals surface area contributed by atoms with E-state index >= 15 is 0 Å². The standard InChI is InChI=1S/C33H42N4O5.C22H36N2O4.C16H11NO6.C6H9ClN2/c1-22(2)18-37(19-23(3)4)32(38)30(34-33(39)42-20-26-9-12-31-27(16-26)13-14-40-31)17-25-7-10-29(11-8-25)41-21-28-15-24(5)36(6)35-28;1-15(2)13-24(14-16(3)4)20(26)19(23-21(27)28-22(5,6)7)12-17-8-10-18(25)11-9-17;18-16(23-14-4-2-13(3-5-14)17(19)20)22-10-11-1-6-15-12(9-11)7-8-21-15;1-5-3-6(4-7)8-9(5)2/h7-16,22-23,30H,17-21H2,1-6H3,(H,34,39);8-11,15-16,19,25H,12-14H2,1-7H3,(H,23,27);1-9H,10H2;3H,4H2,1-2H3/t30-;19-;;/m00../s1. The summed E-state index contributed by atoms with van der Waals surface area (Å²) in [4.78, 5) is 77.7. The number of aryl methyl sites for hydroxylation is 4. The molecule has 102 heavy (non-hydrogen) atoms. The van der Waals surface area contributed by atoms with Crippen molar-refractivity contribution in [2.45, 2.75) is 146 Å². The van der Waals surface area contributed by atoms with Crippen LogP contribution in [0.1, 0.15) is 121 Å². The number of aromatic nitrogens is 4. The second-order valence-electron chi connectivity index (χ2n) is 27.5. The summed E-state index contributed by atoms with van der Waals surface area (Å²) in [6.45, 7) is 28.9. The van der Waals surface area contributed by atoms with Crippen LogP contribution in [0.2, 0.25) is 0 Å². The number of amides is 4. The van der Waals surface area contributed by atoms with Gasteiger partial charge in [0.25, 0.3) is 5.69 Å². The summed E-state index contributed by atoms with van der Waals surface area (Å²) in [5, 5.41) is 36.0. The molecule has 0 aliphatic heterocycles. The van der Waals surface area contributed by atoms with Crippen molar-refractivity contribution in [1.82, 2.24) is 40.0 Å². The predicted molar refractivity (Wildman–Crippen MR) is 391 cm³/mol. The summed E-state index contributed by atoms with van der Waals surface area (Å²) in [5.41, 5.74) is 8.16. The molecule has 0 radical (unpaired) electrons. The third kappa shape index (κ3) is 27.6. The Balaban J connectivity index is 0.000000236. The number of hydrogen-bond acceptors (Lipinski definition) is 17. The zero-order valence-electron chi connectivity index (χ0n) is 61.1. The van der Waals surface area contributed by atoms with Gasteiger partial charge in [0.1, 0.15) is 71.6 Å². The molecule has 24 nitrogen and oxygen atoms in total. The Morgan fingerprint density at radius 3 is 1.40 bits per heavy atom. The van der Waals surface area contributed by atoms with Crippen molar-refractivity contribution in [3.63, 3.8) is 0 Å². The molecule has 0 saturated carbocycles. The van der Waals surface area contributed by atoms with Crippen LogP contribution in [-0.4, -0.2) is 113 Å². The molecule has 0 fully saturated rings. The van der Waals surface area contributed by atoms with E-state index < -0.39 is 40.9 Å². The quantitative estimate of drug-likeness (QED) is 0.0113. The number of alkyl carbamates (subject to hydrolysis) is 2. The first kappa shape index (κ1) is 80.6. The SMILES string of the molecule is CC(C)CN(CC(C)C)C(=O)[C@H](Cc1ccc(O)cc1)NC(=O)OC(C)(C)C.Cc1cc(CCl)nn1C.Cc1cc(COc2ccc(C[C@H](NC(=O)OCc3ccc4occc4c3)C(=O)N(CC(C)C)CC(C)C)cc2)nn1C.O=C(OCc1ccc2occc2c1)Oc1ccc([N+](=O)[O-])cc1. The van der Waals surface area contributed by atoms with E-state index in [9.17, 15) is 39.2 Å². The van der Waals surface area contributed by atoms with Gasteiger partial charge in [-0.15, -0.1) is 11.6 Å². The summed E-state index contributed by atoms with van der Waals surface area (Å²) in [6, 6.07) is 36.5. The Labute approximate surface area is 601 Å². The van der Waals surface area contributed by atoms with Crippen LogP contribution >= 0.6 is 11.6 Å². The molecule has 548 valence electrons. The first-order valence-corrected chi connectivity index (χ1v) is 34.4. The largest absolute Gasteiger partial charge is 0.514 e. The lowest BCUT2D eigenvalue weighted by Crippen LogP contribution is -2.52. The molecule has 3 N–H and O–H groups in total. The van der Waals surface area contributed by atoms with Crippen LogP contribution in [0.5, 0.6) is 17.2 Å². The van der Waals surface area contributed by atoms with Gasteiger partial charge in [0, 0.05) is 87.4 Å². The van der Waals surface area contributed by atoms with E-state index in [1.807, 2.05) is 120 Å². The van der Waals surface area contributed by atoms with Crippen molar-refractivity contribution in [2.24, 2.45) is 37.8 Å². The van der Waals surface area contributed by atoms with Crippen LogP contribution in [0.15, 0.2) is 155 Å². The van der Waals surface area contributed by atoms with Gasteiger partial charge in [-0.3, -0.25) is 29.1 Å². The van der Waals surface area contributed by atoms with Crippen molar-refractivity contribution in [3.8, 4) is 17.2 Å². The summed E-state index contributed by atoms with van der Waals surface area (Å²) in [7, 11) is 3.81. The monoisotopic (exact) mass is 1420 g/mol. The fourth-order valence-corrected chi connectivity index (χ4v) is 10.5. The maximum Gasteiger partial charge on any atom is 0.514 e. The molecule has 0 aliphatic carbocycles. The first-order chi connectivity index (χ1) is 48.3. The molecule has 0 aliphatic rings. The molecule has 2 atom stereocenters. The number of fused-ring (bicyclic) bond motifs is 2. The number of nitrogens with zero attached hydrogens (tertiary/aromatic N) is 7. The zero-order chi connectivity index (χ0) is 74.8. The third-order valence-corrected chi connectivity index (χ3v) is 15.4. The number of aromatic hydroxyl groups is 1. The lowest BCUT2D eigenvalue weighted by molar-refractivity contribution is -0.384. The number of alkyl halides is 1. The van der Waals surface area contributed by atoms with Gasteiger partial charge in [-0.2, -0.15) is 10.2 Å². The predicted octanol–water partition coefficient (Wildman–Crippen LogP) is 15.5. The van der Waals surface area contributed by atoms with Crippen molar-refractivity contribution >= 4 is 69.4 Å². The van der Waals surface area contributed by atoms with Crippen LogP contribution < -0.4 is 20.1 Å². The number of carbonyl (C=O) groups is 5. The summed E-state index contributed by atoms with van der Waals surface area (Å²) in [6.07, 6.45) is 1.72. The van der Waals surface area contributed by atoms with Gasteiger partial charge < -0.3 is 58.1 Å². The summed E-state index contributed by atoms with van der Waals surface area (Å²) in [5.74, 6) is 2.50. The maximum absolute atomic E-state index is 13.8. The van der Waals surface area contributed by atoms with E-state index in [4.69, 9.17) is 44.1 Å². The van der Waals surface area contributed by atoms with Gasteiger partial charge >= 0.3 is 18.3 Å². The highest BCUT2D eigenvalue weighted by atomic mass is 35.5. The molecule has 0 spiro atoms. The Hall–Kier alpha value is -10.4. The molecule has 4 amide bonds. The van der Waals surface area contributed by atoms with Gasteiger partial charge in [-0.25, -0.2) is 14.4 Å². The highest BCUT2D eigenvalue weighted by Crippen LogP contribution is 2.23. The number of benzene rings is 5. The van der Waals surface area contributed by atoms with E-state index in [2.05, 4.69) is 76.2 Å². The minimum absolute atomic E-state index is 0.0485. The van der Waals surface area contributed by atoms with Crippen molar-refractivity contribution in [3.05, 3.63) is 201 Å².